The summed E-state index contributed by atoms with van der Waals surface area (Å²) < 4.78 is 16.5. The molecule has 1 heterocycles. The van der Waals surface area contributed by atoms with Crippen LogP contribution in [0.3, 0.4) is 0 Å². The number of para-hydroxylation sites is 1. The Morgan fingerprint density at radius 3 is 2.00 bits per heavy atom. The van der Waals surface area contributed by atoms with Crippen molar-refractivity contribution in [1.82, 2.24) is 5.16 Å². The average molecular weight is 525 g/mol. The van der Waals surface area contributed by atoms with Gasteiger partial charge < -0.3 is 14.0 Å². The van der Waals surface area contributed by atoms with Gasteiger partial charge in [0.25, 0.3) is 0 Å². The Balaban J connectivity index is 1.44. The maximum absolute atomic E-state index is 13.0. The molecule has 5 rings (SSSR count). The Hall–Kier alpha value is -4.39. The van der Waals surface area contributed by atoms with Crippen LogP contribution in [0, 0.1) is 6.92 Å². The molecule has 0 radical (unpaired) electrons. The lowest BCUT2D eigenvalue weighted by Crippen LogP contribution is -2.43. The van der Waals surface area contributed by atoms with Gasteiger partial charge in [0.05, 0.1) is 24.3 Å². The number of carbonyl (C=O) groups is 2. The van der Waals surface area contributed by atoms with Crippen LogP contribution in [-0.2, 0) is 19.7 Å². The summed E-state index contributed by atoms with van der Waals surface area (Å²) in [5.41, 5.74) is 5.12. The lowest BCUT2D eigenvalue weighted by molar-refractivity contribution is -0.153. The fourth-order valence-corrected chi connectivity index (χ4v) is 5.11. The highest BCUT2D eigenvalue weighted by Gasteiger charge is 2.46. The molecule has 1 aliphatic rings. The topological polar surface area (TPSA) is 81.9 Å². The quantitative estimate of drug-likeness (QED) is 0.221. The molecule has 0 saturated heterocycles. The molecule has 0 N–H and O–H groups in total. The van der Waals surface area contributed by atoms with E-state index in [9.17, 15) is 9.59 Å². The van der Waals surface area contributed by atoms with Crippen LogP contribution in [0.25, 0.3) is 22.5 Å². The summed E-state index contributed by atoms with van der Waals surface area (Å²) in [5, 5.41) is 4.17. The van der Waals surface area contributed by atoms with Crippen molar-refractivity contribution in [1.29, 1.82) is 0 Å². The van der Waals surface area contributed by atoms with Crippen LogP contribution in [-0.4, -0.2) is 30.4 Å². The summed E-state index contributed by atoms with van der Waals surface area (Å²) >= 11 is 0. The first-order valence-electron chi connectivity index (χ1n) is 13.3. The fourth-order valence-electron chi connectivity index (χ4n) is 5.11. The van der Waals surface area contributed by atoms with Crippen molar-refractivity contribution in [3.05, 3.63) is 90.1 Å². The third-order valence-electron chi connectivity index (χ3n) is 7.31. The van der Waals surface area contributed by atoms with Crippen LogP contribution in [0.4, 0.5) is 16.2 Å². The van der Waals surface area contributed by atoms with Gasteiger partial charge in [-0.25, -0.2) is 9.69 Å². The number of hydrogen-bond donors (Lipinski definition) is 0. The Morgan fingerprint density at radius 1 is 0.846 bits per heavy atom. The van der Waals surface area contributed by atoms with Crippen LogP contribution in [0.5, 0.6) is 0 Å². The summed E-state index contributed by atoms with van der Waals surface area (Å²) in [6, 6.07) is 25.4. The van der Waals surface area contributed by atoms with Crippen LogP contribution in [0.15, 0.2) is 83.4 Å². The summed E-state index contributed by atoms with van der Waals surface area (Å²) in [6.07, 6.45) is 2.18. The van der Waals surface area contributed by atoms with Crippen molar-refractivity contribution in [2.24, 2.45) is 0 Å². The zero-order valence-corrected chi connectivity index (χ0v) is 22.5. The lowest BCUT2D eigenvalue weighted by atomic mass is 9.64. The fraction of sp³-hybridized carbons (Fsp3) is 0.281. The number of benzene rings is 3. The zero-order valence-electron chi connectivity index (χ0n) is 22.5. The second-order valence-corrected chi connectivity index (χ2v) is 9.63. The van der Waals surface area contributed by atoms with Crippen molar-refractivity contribution in [2.45, 2.75) is 45.4 Å². The van der Waals surface area contributed by atoms with Crippen molar-refractivity contribution in [2.75, 3.05) is 18.1 Å². The molecule has 0 atom stereocenters. The molecule has 39 heavy (non-hydrogen) atoms. The predicted octanol–water partition coefficient (Wildman–Crippen LogP) is 7.60. The number of rotatable bonds is 8. The molecule has 3 aromatic carbocycles. The van der Waals surface area contributed by atoms with Gasteiger partial charge in [0.15, 0.2) is 5.76 Å². The molecule has 200 valence electrons. The highest BCUT2D eigenvalue weighted by atomic mass is 16.6. The van der Waals surface area contributed by atoms with E-state index in [1.54, 1.807) is 13.8 Å². The minimum atomic E-state index is -0.511. The van der Waals surface area contributed by atoms with Crippen LogP contribution in [0.2, 0.25) is 0 Å². The van der Waals surface area contributed by atoms with E-state index in [1.807, 2.05) is 85.8 Å². The van der Waals surface area contributed by atoms with E-state index in [0.717, 1.165) is 41.5 Å². The first-order valence-corrected chi connectivity index (χ1v) is 13.3. The zero-order chi connectivity index (χ0) is 27.4. The van der Waals surface area contributed by atoms with E-state index in [0.29, 0.717) is 29.4 Å². The van der Waals surface area contributed by atoms with Gasteiger partial charge >= 0.3 is 12.1 Å². The van der Waals surface area contributed by atoms with E-state index in [1.165, 1.54) is 4.90 Å². The van der Waals surface area contributed by atoms with E-state index in [-0.39, 0.29) is 12.6 Å². The van der Waals surface area contributed by atoms with Gasteiger partial charge in [0.2, 0.25) is 0 Å². The molecule has 1 amide bonds. The Bertz CT molecular complexity index is 1440. The first-order chi connectivity index (χ1) is 19.0. The van der Waals surface area contributed by atoms with Gasteiger partial charge in [0, 0.05) is 5.56 Å². The highest BCUT2D eigenvalue weighted by molar-refractivity contribution is 6.00. The number of aryl methyl sites for hydroxylation is 1. The molecule has 1 saturated carbocycles. The van der Waals surface area contributed by atoms with Gasteiger partial charge in [-0.3, -0.25) is 4.79 Å². The Labute approximate surface area is 228 Å². The first kappa shape index (κ1) is 26.2. The number of amides is 1. The number of ether oxygens (including phenoxy) is 2. The molecule has 7 heteroatoms. The third-order valence-corrected chi connectivity index (χ3v) is 7.31. The molecule has 1 aliphatic carbocycles. The number of aromatic nitrogens is 1. The van der Waals surface area contributed by atoms with E-state index < -0.39 is 11.5 Å². The summed E-state index contributed by atoms with van der Waals surface area (Å²) in [5.74, 6) is 0.353. The molecule has 4 aromatic rings. The maximum Gasteiger partial charge on any atom is 0.419 e. The minimum Gasteiger partial charge on any atom is -0.465 e. The molecular formula is C32H32N2O5. The number of esters is 1. The van der Waals surface area contributed by atoms with Crippen molar-refractivity contribution >= 4 is 23.4 Å². The molecule has 1 aromatic heterocycles. The average Bonchev–Trinajstić information content (AvgIpc) is 3.30. The van der Waals surface area contributed by atoms with Crippen LogP contribution >= 0.6 is 0 Å². The van der Waals surface area contributed by atoms with Gasteiger partial charge in [0.1, 0.15) is 11.4 Å². The van der Waals surface area contributed by atoms with E-state index in [2.05, 4.69) is 5.16 Å². The van der Waals surface area contributed by atoms with Crippen molar-refractivity contribution in [3.8, 4) is 22.5 Å². The molecule has 0 spiro atoms. The van der Waals surface area contributed by atoms with E-state index in [4.69, 9.17) is 14.0 Å². The third kappa shape index (κ3) is 4.92. The Morgan fingerprint density at radius 2 is 1.44 bits per heavy atom. The molecule has 0 unspecified atom stereocenters. The largest absolute Gasteiger partial charge is 0.465 e. The van der Waals surface area contributed by atoms with Gasteiger partial charge in [-0.1, -0.05) is 78.3 Å². The van der Waals surface area contributed by atoms with Gasteiger partial charge in [-0.15, -0.1) is 0 Å². The van der Waals surface area contributed by atoms with Crippen LogP contribution in [0.1, 0.15) is 44.4 Å². The summed E-state index contributed by atoms with van der Waals surface area (Å²) in [7, 11) is 0. The smallest absolute Gasteiger partial charge is 0.419 e. The minimum absolute atomic E-state index is 0.126. The maximum atomic E-state index is 13.0. The van der Waals surface area contributed by atoms with Crippen LogP contribution < -0.4 is 4.90 Å². The molecule has 0 aliphatic heterocycles. The second kappa shape index (κ2) is 11.2. The van der Waals surface area contributed by atoms with Gasteiger partial charge in [-0.05, 0) is 62.4 Å². The summed E-state index contributed by atoms with van der Waals surface area (Å²) in [6.45, 7) is 6.06. The normalized spacial score (nSPS) is 13.8. The molecule has 1 fully saturated rings. The number of nitrogens with zero attached hydrogens (tertiary/aromatic N) is 2. The summed E-state index contributed by atoms with van der Waals surface area (Å²) in [4.78, 5) is 27.2. The SMILES string of the molecule is CCOC(=O)N(c1ccccc1)c1c(C)noc1-c1ccc(-c2ccc(C3(C(=O)OCC)CCC3)cc2)cc1. The van der Waals surface area contributed by atoms with E-state index >= 15 is 0 Å². The second-order valence-electron chi connectivity index (χ2n) is 9.63. The monoisotopic (exact) mass is 524 g/mol. The molecule has 7 nitrogen and oxygen atoms in total. The predicted molar refractivity (Wildman–Crippen MR) is 150 cm³/mol. The lowest BCUT2D eigenvalue weighted by Gasteiger charge is -2.39. The molecular weight excluding hydrogens is 492 g/mol. The number of carbonyl (C=O) groups excluding carboxylic acids is 2. The van der Waals surface area contributed by atoms with Crippen molar-refractivity contribution < 1.29 is 23.6 Å². The van der Waals surface area contributed by atoms with Gasteiger partial charge in [-0.2, -0.15) is 0 Å². The Kier molecular flexibility index (Phi) is 7.50. The standard InChI is InChI=1S/C32H32N2O5/c1-4-37-30(35)32(20-9-21-32)26-18-16-24(17-19-26)23-12-14-25(15-13-23)29-28(22(3)33-39-29)34(31(36)38-5-2)27-10-7-6-8-11-27/h6-8,10-19H,4-5,9,20-21H2,1-3H3. The number of hydrogen-bond acceptors (Lipinski definition) is 6. The van der Waals surface area contributed by atoms with Crippen molar-refractivity contribution in [3.63, 3.8) is 0 Å². The number of anilines is 2. The highest BCUT2D eigenvalue weighted by Crippen LogP contribution is 2.45. The molecule has 0 bridgehead atoms.